The van der Waals surface area contributed by atoms with Crippen molar-refractivity contribution in [2.75, 3.05) is 24.6 Å². The quantitative estimate of drug-likeness (QED) is 0.604. The van der Waals surface area contributed by atoms with Gasteiger partial charge in [0, 0.05) is 18.8 Å². The number of carbonyl (C=O) groups excluding carboxylic acids is 1. The van der Waals surface area contributed by atoms with Gasteiger partial charge >= 0.3 is 0 Å². The molecule has 0 spiro atoms. The summed E-state index contributed by atoms with van der Waals surface area (Å²) >= 11 is 1.58. The highest BCUT2D eigenvalue weighted by Crippen LogP contribution is 1.98. The lowest BCUT2D eigenvalue weighted by molar-refractivity contribution is -0.118. The monoisotopic (exact) mass is 204 g/mol. The SMILES string of the molecule is CC(C)CCNC(=O)CSCCN. The summed E-state index contributed by atoms with van der Waals surface area (Å²) in [5.41, 5.74) is 5.30. The average Bonchev–Trinajstić information content (AvgIpc) is 2.04. The molecule has 0 heterocycles. The molecule has 13 heavy (non-hydrogen) atoms. The summed E-state index contributed by atoms with van der Waals surface area (Å²) in [5.74, 6) is 2.17. The van der Waals surface area contributed by atoms with Crippen LogP contribution < -0.4 is 11.1 Å². The zero-order chi connectivity index (χ0) is 10.1. The topological polar surface area (TPSA) is 55.1 Å². The van der Waals surface area contributed by atoms with Gasteiger partial charge in [0.05, 0.1) is 5.75 Å². The molecule has 0 saturated carbocycles. The minimum absolute atomic E-state index is 0.124. The Morgan fingerprint density at radius 1 is 1.54 bits per heavy atom. The maximum atomic E-state index is 11.1. The van der Waals surface area contributed by atoms with E-state index in [2.05, 4.69) is 19.2 Å². The molecular formula is C9H20N2OS. The molecule has 0 rings (SSSR count). The summed E-state index contributed by atoms with van der Waals surface area (Å²) in [6.45, 7) is 5.73. The fourth-order valence-electron chi connectivity index (χ4n) is 0.799. The highest BCUT2D eigenvalue weighted by Gasteiger charge is 2.00. The van der Waals surface area contributed by atoms with Crippen LogP contribution in [0.3, 0.4) is 0 Å². The van der Waals surface area contributed by atoms with E-state index in [0.717, 1.165) is 18.7 Å². The van der Waals surface area contributed by atoms with E-state index < -0.39 is 0 Å². The van der Waals surface area contributed by atoms with Crippen molar-refractivity contribution in [1.82, 2.24) is 5.32 Å². The Morgan fingerprint density at radius 2 is 2.23 bits per heavy atom. The molecule has 4 heteroatoms. The van der Waals surface area contributed by atoms with Gasteiger partial charge in [-0.15, -0.1) is 0 Å². The Hall–Kier alpha value is -0.220. The Kier molecular flexibility index (Phi) is 8.24. The highest BCUT2D eigenvalue weighted by molar-refractivity contribution is 7.99. The number of hydrogen-bond acceptors (Lipinski definition) is 3. The molecule has 0 aliphatic rings. The van der Waals surface area contributed by atoms with Crippen molar-refractivity contribution < 1.29 is 4.79 Å². The van der Waals surface area contributed by atoms with E-state index in [1.807, 2.05) is 0 Å². The molecule has 78 valence electrons. The first-order valence-electron chi connectivity index (χ1n) is 4.71. The van der Waals surface area contributed by atoms with Crippen LogP contribution in [0.4, 0.5) is 0 Å². The third-order valence-corrected chi connectivity index (χ3v) is 2.53. The second kappa shape index (κ2) is 8.38. The fourth-order valence-corrected chi connectivity index (χ4v) is 1.40. The highest BCUT2D eigenvalue weighted by atomic mass is 32.2. The molecule has 3 nitrogen and oxygen atoms in total. The smallest absolute Gasteiger partial charge is 0.229 e. The van der Waals surface area contributed by atoms with Crippen molar-refractivity contribution in [3.05, 3.63) is 0 Å². The zero-order valence-corrected chi connectivity index (χ0v) is 9.32. The van der Waals surface area contributed by atoms with E-state index in [0.29, 0.717) is 18.2 Å². The number of nitrogens with two attached hydrogens (primary N) is 1. The van der Waals surface area contributed by atoms with Crippen LogP contribution in [0.1, 0.15) is 20.3 Å². The van der Waals surface area contributed by atoms with Gasteiger partial charge in [0.25, 0.3) is 0 Å². The molecule has 0 unspecified atom stereocenters. The lowest BCUT2D eigenvalue weighted by Crippen LogP contribution is -2.27. The summed E-state index contributed by atoms with van der Waals surface area (Å²) in [4.78, 5) is 11.1. The van der Waals surface area contributed by atoms with E-state index >= 15 is 0 Å². The number of thioether (sulfide) groups is 1. The van der Waals surface area contributed by atoms with Gasteiger partial charge in [0.1, 0.15) is 0 Å². The first kappa shape index (κ1) is 12.8. The lowest BCUT2D eigenvalue weighted by atomic mass is 10.1. The van der Waals surface area contributed by atoms with Gasteiger partial charge in [0.15, 0.2) is 0 Å². The van der Waals surface area contributed by atoms with Gasteiger partial charge in [-0.1, -0.05) is 13.8 Å². The molecule has 0 bridgehead atoms. The molecule has 1 amide bonds. The Balaban J connectivity index is 3.20. The van der Waals surface area contributed by atoms with E-state index in [1.165, 1.54) is 0 Å². The van der Waals surface area contributed by atoms with Crippen LogP contribution in [0.25, 0.3) is 0 Å². The Morgan fingerprint density at radius 3 is 2.77 bits per heavy atom. The maximum absolute atomic E-state index is 11.1. The van der Waals surface area contributed by atoms with Gasteiger partial charge < -0.3 is 11.1 Å². The van der Waals surface area contributed by atoms with Crippen molar-refractivity contribution in [3.63, 3.8) is 0 Å². The minimum Gasteiger partial charge on any atom is -0.355 e. The van der Waals surface area contributed by atoms with Gasteiger partial charge in [-0.05, 0) is 12.3 Å². The first-order valence-corrected chi connectivity index (χ1v) is 5.86. The lowest BCUT2D eigenvalue weighted by Gasteiger charge is -2.06. The number of rotatable bonds is 7. The van der Waals surface area contributed by atoms with Gasteiger partial charge in [-0.2, -0.15) is 11.8 Å². The van der Waals surface area contributed by atoms with Crippen molar-refractivity contribution in [2.45, 2.75) is 20.3 Å². The summed E-state index contributed by atoms with van der Waals surface area (Å²) in [7, 11) is 0. The maximum Gasteiger partial charge on any atom is 0.229 e. The van der Waals surface area contributed by atoms with E-state index in [4.69, 9.17) is 5.73 Å². The standard InChI is InChI=1S/C9H20N2OS/c1-8(2)3-5-11-9(12)7-13-6-4-10/h8H,3-7,10H2,1-2H3,(H,11,12). The van der Waals surface area contributed by atoms with Crippen LogP contribution in [0.2, 0.25) is 0 Å². The van der Waals surface area contributed by atoms with E-state index in [-0.39, 0.29) is 5.91 Å². The number of nitrogens with one attached hydrogen (secondary N) is 1. The van der Waals surface area contributed by atoms with Crippen LogP contribution in [0.15, 0.2) is 0 Å². The normalized spacial score (nSPS) is 10.5. The summed E-state index contributed by atoms with van der Waals surface area (Å²) in [6.07, 6.45) is 1.05. The largest absolute Gasteiger partial charge is 0.355 e. The second-order valence-electron chi connectivity index (χ2n) is 3.37. The molecule has 0 aliphatic carbocycles. The third-order valence-electron chi connectivity index (χ3n) is 1.54. The van der Waals surface area contributed by atoms with Crippen LogP contribution in [-0.4, -0.2) is 30.5 Å². The predicted octanol–water partition coefficient (Wildman–Crippen LogP) is 0.841. The van der Waals surface area contributed by atoms with E-state index in [1.54, 1.807) is 11.8 Å². The molecule has 0 aromatic heterocycles. The first-order chi connectivity index (χ1) is 6.16. The number of hydrogen-bond donors (Lipinski definition) is 2. The van der Waals surface area contributed by atoms with Crippen molar-refractivity contribution in [3.8, 4) is 0 Å². The Bertz CT molecular complexity index is 140. The molecule has 0 aromatic carbocycles. The number of amides is 1. The van der Waals surface area contributed by atoms with Crippen LogP contribution in [0, 0.1) is 5.92 Å². The average molecular weight is 204 g/mol. The van der Waals surface area contributed by atoms with Crippen molar-refractivity contribution >= 4 is 17.7 Å². The zero-order valence-electron chi connectivity index (χ0n) is 8.51. The van der Waals surface area contributed by atoms with Crippen molar-refractivity contribution in [2.24, 2.45) is 11.7 Å². The van der Waals surface area contributed by atoms with Crippen LogP contribution >= 0.6 is 11.8 Å². The third kappa shape index (κ3) is 9.70. The number of carbonyl (C=O) groups is 1. The molecule has 0 fully saturated rings. The summed E-state index contributed by atoms with van der Waals surface area (Å²) in [6, 6.07) is 0. The summed E-state index contributed by atoms with van der Waals surface area (Å²) < 4.78 is 0. The van der Waals surface area contributed by atoms with Crippen LogP contribution in [-0.2, 0) is 4.79 Å². The molecule has 0 aromatic rings. The molecule has 0 radical (unpaired) electrons. The second-order valence-corrected chi connectivity index (χ2v) is 4.48. The van der Waals surface area contributed by atoms with E-state index in [9.17, 15) is 4.79 Å². The summed E-state index contributed by atoms with van der Waals surface area (Å²) in [5, 5.41) is 2.87. The van der Waals surface area contributed by atoms with Gasteiger partial charge in [-0.3, -0.25) is 4.79 Å². The molecule has 0 atom stereocenters. The Labute approximate surface area is 84.8 Å². The molecular weight excluding hydrogens is 184 g/mol. The molecule has 3 N–H and O–H groups in total. The van der Waals surface area contributed by atoms with Gasteiger partial charge in [-0.25, -0.2) is 0 Å². The van der Waals surface area contributed by atoms with Gasteiger partial charge in [0.2, 0.25) is 5.91 Å². The molecule has 0 saturated heterocycles. The fraction of sp³-hybridized carbons (Fsp3) is 0.889. The molecule has 0 aliphatic heterocycles. The minimum atomic E-state index is 0.124. The van der Waals surface area contributed by atoms with Crippen molar-refractivity contribution in [1.29, 1.82) is 0 Å². The van der Waals surface area contributed by atoms with Crippen LogP contribution in [0.5, 0.6) is 0 Å². The predicted molar refractivity (Wildman–Crippen MR) is 58.8 cm³/mol.